The molecule has 1 atom stereocenters. The zero-order valence-corrected chi connectivity index (χ0v) is 17.4. The Bertz CT molecular complexity index is 1010. The third kappa shape index (κ3) is 6.37. The standard InChI is InChI=1S/C26H25NO4/c1-31-26(30)18-23(21-10-6-3-7-11-21)27-25(29)17-16-24(28)22-14-12-20(13-15-22)19-8-4-2-5-9-19/h2-15,23H,16-18H2,1H3,(H,27,29)/t23-/m0/s1. The molecule has 0 bridgehead atoms. The van der Waals surface area contributed by atoms with E-state index in [2.05, 4.69) is 5.32 Å². The van der Waals surface area contributed by atoms with Crippen LogP contribution in [0.4, 0.5) is 0 Å². The first kappa shape index (κ1) is 22.0. The van der Waals surface area contributed by atoms with Crippen LogP contribution in [0.1, 0.15) is 41.2 Å². The fraction of sp³-hybridized carbons (Fsp3) is 0.192. The van der Waals surface area contributed by atoms with Crippen molar-refractivity contribution >= 4 is 17.7 Å². The molecule has 158 valence electrons. The van der Waals surface area contributed by atoms with Gasteiger partial charge in [0.15, 0.2) is 5.78 Å². The molecule has 0 aliphatic heterocycles. The summed E-state index contributed by atoms with van der Waals surface area (Å²) in [5.41, 5.74) is 3.49. The lowest BCUT2D eigenvalue weighted by Crippen LogP contribution is -2.30. The summed E-state index contributed by atoms with van der Waals surface area (Å²) in [6.45, 7) is 0. The van der Waals surface area contributed by atoms with E-state index in [1.807, 2.05) is 72.8 Å². The number of benzene rings is 3. The van der Waals surface area contributed by atoms with E-state index in [-0.39, 0.29) is 31.0 Å². The van der Waals surface area contributed by atoms with Crippen molar-refractivity contribution in [2.24, 2.45) is 0 Å². The zero-order chi connectivity index (χ0) is 22.1. The Morgan fingerprint density at radius 2 is 1.35 bits per heavy atom. The van der Waals surface area contributed by atoms with Gasteiger partial charge in [-0.05, 0) is 16.7 Å². The first-order valence-electron chi connectivity index (χ1n) is 10.2. The molecule has 3 aromatic carbocycles. The van der Waals surface area contributed by atoms with Gasteiger partial charge >= 0.3 is 5.97 Å². The minimum atomic E-state index is -0.499. The Labute approximate surface area is 182 Å². The maximum absolute atomic E-state index is 12.5. The predicted molar refractivity (Wildman–Crippen MR) is 119 cm³/mol. The van der Waals surface area contributed by atoms with Crippen LogP contribution < -0.4 is 5.32 Å². The van der Waals surface area contributed by atoms with Gasteiger partial charge in [-0.2, -0.15) is 0 Å². The number of carbonyl (C=O) groups is 3. The molecule has 31 heavy (non-hydrogen) atoms. The topological polar surface area (TPSA) is 72.5 Å². The Balaban J connectivity index is 1.57. The molecule has 0 aliphatic carbocycles. The first-order valence-corrected chi connectivity index (χ1v) is 10.2. The molecule has 5 nitrogen and oxygen atoms in total. The number of carbonyl (C=O) groups excluding carboxylic acids is 3. The molecule has 0 aliphatic rings. The highest BCUT2D eigenvalue weighted by Crippen LogP contribution is 2.20. The lowest BCUT2D eigenvalue weighted by Gasteiger charge is -2.18. The highest BCUT2D eigenvalue weighted by atomic mass is 16.5. The number of rotatable bonds is 9. The maximum atomic E-state index is 12.5. The number of Topliss-reactive ketones (excluding diaryl/α,β-unsaturated/α-hetero) is 1. The van der Waals surface area contributed by atoms with E-state index in [0.717, 1.165) is 16.7 Å². The van der Waals surface area contributed by atoms with Crippen molar-refractivity contribution < 1.29 is 19.1 Å². The third-order valence-corrected chi connectivity index (χ3v) is 5.03. The fourth-order valence-electron chi connectivity index (χ4n) is 3.30. The summed E-state index contributed by atoms with van der Waals surface area (Å²) >= 11 is 0. The molecule has 0 saturated heterocycles. The Kier molecular flexibility index (Phi) is 7.71. The van der Waals surface area contributed by atoms with Gasteiger partial charge in [-0.25, -0.2) is 0 Å². The minimum absolute atomic E-state index is 0.0289. The van der Waals surface area contributed by atoms with Gasteiger partial charge in [0.2, 0.25) is 5.91 Å². The third-order valence-electron chi connectivity index (χ3n) is 5.03. The number of hydrogen-bond donors (Lipinski definition) is 1. The average molecular weight is 415 g/mol. The molecule has 0 heterocycles. The van der Waals surface area contributed by atoms with E-state index in [4.69, 9.17) is 4.74 Å². The normalized spacial score (nSPS) is 11.4. The van der Waals surface area contributed by atoms with E-state index in [1.54, 1.807) is 12.1 Å². The van der Waals surface area contributed by atoms with Crippen LogP contribution in [0.25, 0.3) is 11.1 Å². The monoisotopic (exact) mass is 415 g/mol. The number of nitrogens with one attached hydrogen (secondary N) is 1. The Morgan fingerprint density at radius 1 is 0.774 bits per heavy atom. The summed E-state index contributed by atoms with van der Waals surface area (Å²) in [6.07, 6.45) is 0.168. The molecule has 0 aromatic heterocycles. The largest absolute Gasteiger partial charge is 0.469 e. The van der Waals surface area contributed by atoms with Crippen LogP contribution in [0.15, 0.2) is 84.9 Å². The molecule has 0 saturated carbocycles. The Morgan fingerprint density at radius 3 is 1.97 bits per heavy atom. The highest BCUT2D eigenvalue weighted by Gasteiger charge is 2.19. The van der Waals surface area contributed by atoms with E-state index in [1.165, 1.54) is 7.11 Å². The molecule has 0 radical (unpaired) electrons. The molecule has 3 rings (SSSR count). The van der Waals surface area contributed by atoms with Crippen LogP contribution in [0, 0.1) is 0 Å². The SMILES string of the molecule is COC(=O)C[C@H](NC(=O)CCC(=O)c1ccc(-c2ccccc2)cc1)c1ccccc1. The van der Waals surface area contributed by atoms with Crippen molar-refractivity contribution in [3.63, 3.8) is 0 Å². The van der Waals surface area contributed by atoms with Crippen molar-refractivity contribution in [1.29, 1.82) is 0 Å². The number of hydrogen-bond acceptors (Lipinski definition) is 4. The van der Waals surface area contributed by atoms with Crippen molar-refractivity contribution in [3.05, 3.63) is 96.1 Å². The number of methoxy groups -OCH3 is 1. The van der Waals surface area contributed by atoms with Gasteiger partial charge in [0, 0.05) is 18.4 Å². The molecule has 0 spiro atoms. The number of ketones is 1. The quantitative estimate of drug-likeness (QED) is 0.405. The zero-order valence-electron chi connectivity index (χ0n) is 17.4. The number of esters is 1. The molecule has 0 unspecified atom stereocenters. The van der Waals surface area contributed by atoms with Crippen molar-refractivity contribution in [2.45, 2.75) is 25.3 Å². The van der Waals surface area contributed by atoms with Gasteiger partial charge in [0.05, 0.1) is 19.6 Å². The summed E-state index contributed by atoms with van der Waals surface area (Å²) in [5.74, 6) is -0.797. The molecular formula is C26H25NO4. The smallest absolute Gasteiger partial charge is 0.307 e. The van der Waals surface area contributed by atoms with E-state index >= 15 is 0 Å². The maximum Gasteiger partial charge on any atom is 0.307 e. The van der Waals surface area contributed by atoms with Crippen LogP contribution in [0.2, 0.25) is 0 Å². The van der Waals surface area contributed by atoms with Gasteiger partial charge in [0.1, 0.15) is 0 Å². The van der Waals surface area contributed by atoms with Crippen LogP contribution in [-0.4, -0.2) is 24.8 Å². The van der Waals surface area contributed by atoms with Crippen molar-refractivity contribution in [1.82, 2.24) is 5.32 Å². The van der Waals surface area contributed by atoms with E-state index in [9.17, 15) is 14.4 Å². The van der Waals surface area contributed by atoms with Crippen LogP contribution in [0.3, 0.4) is 0 Å². The molecule has 1 amide bonds. The van der Waals surface area contributed by atoms with Gasteiger partial charge < -0.3 is 10.1 Å². The minimum Gasteiger partial charge on any atom is -0.469 e. The van der Waals surface area contributed by atoms with Gasteiger partial charge in [-0.15, -0.1) is 0 Å². The van der Waals surface area contributed by atoms with E-state index < -0.39 is 12.0 Å². The first-order chi connectivity index (χ1) is 15.1. The fourth-order valence-corrected chi connectivity index (χ4v) is 3.30. The average Bonchev–Trinajstić information content (AvgIpc) is 2.83. The van der Waals surface area contributed by atoms with Crippen LogP contribution >= 0.6 is 0 Å². The van der Waals surface area contributed by atoms with Gasteiger partial charge in [-0.1, -0.05) is 84.9 Å². The number of amides is 1. The predicted octanol–water partition coefficient (Wildman–Crippen LogP) is 4.74. The molecule has 0 fully saturated rings. The summed E-state index contributed by atoms with van der Waals surface area (Å²) in [5, 5.41) is 2.84. The Hall–Kier alpha value is -3.73. The molecule has 1 N–H and O–H groups in total. The van der Waals surface area contributed by atoms with Crippen molar-refractivity contribution in [3.8, 4) is 11.1 Å². The second kappa shape index (κ2) is 10.9. The number of ether oxygens (including phenoxy) is 1. The second-order valence-electron chi connectivity index (χ2n) is 7.18. The van der Waals surface area contributed by atoms with Gasteiger partial charge in [-0.3, -0.25) is 14.4 Å². The highest BCUT2D eigenvalue weighted by molar-refractivity contribution is 5.98. The van der Waals surface area contributed by atoms with Gasteiger partial charge in [0.25, 0.3) is 0 Å². The molecule has 3 aromatic rings. The second-order valence-corrected chi connectivity index (χ2v) is 7.18. The summed E-state index contributed by atoms with van der Waals surface area (Å²) in [4.78, 5) is 36.7. The summed E-state index contributed by atoms with van der Waals surface area (Å²) < 4.78 is 4.74. The lowest BCUT2D eigenvalue weighted by molar-refractivity contribution is -0.141. The van der Waals surface area contributed by atoms with E-state index in [0.29, 0.717) is 5.56 Å². The van der Waals surface area contributed by atoms with Crippen LogP contribution in [0.5, 0.6) is 0 Å². The summed E-state index contributed by atoms with van der Waals surface area (Å²) in [6, 6.07) is 26.0. The summed E-state index contributed by atoms with van der Waals surface area (Å²) in [7, 11) is 1.31. The van der Waals surface area contributed by atoms with Crippen molar-refractivity contribution in [2.75, 3.05) is 7.11 Å². The lowest BCUT2D eigenvalue weighted by atomic mass is 10.0. The molecular weight excluding hydrogens is 390 g/mol. The van der Waals surface area contributed by atoms with Crippen LogP contribution in [-0.2, 0) is 14.3 Å². The molecule has 5 heteroatoms.